The summed E-state index contributed by atoms with van der Waals surface area (Å²) in [5.41, 5.74) is 2.85. The van der Waals surface area contributed by atoms with E-state index in [9.17, 15) is 14.9 Å². The van der Waals surface area contributed by atoms with E-state index in [2.05, 4.69) is 15.3 Å². The van der Waals surface area contributed by atoms with Crippen molar-refractivity contribution in [3.8, 4) is 11.3 Å². The number of imidazole rings is 1. The third-order valence-corrected chi connectivity index (χ3v) is 6.09. The molecule has 0 fully saturated rings. The van der Waals surface area contributed by atoms with Crippen LogP contribution in [-0.2, 0) is 13.5 Å². The first kappa shape index (κ1) is 23.3. The number of halogens is 1. The maximum Gasteiger partial charge on any atom is 0.287 e. The normalized spacial score (nSPS) is 11.9. The van der Waals surface area contributed by atoms with E-state index in [1.165, 1.54) is 12.1 Å². The number of amides is 1. The van der Waals surface area contributed by atoms with Crippen LogP contribution in [-0.4, -0.2) is 25.4 Å². The van der Waals surface area contributed by atoms with Gasteiger partial charge in [-0.2, -0.15) is 0 Å². The predicted molar refractivity (Wildman–Crippen MR) is 135 cm³/mol. The molecule has 36 heavy (non-hydrogen) atoms. The van der Waals surface area contributed by atoms with Crippen LogP contribution in [0.25, 0.3) is 22.2 Å². The summed E-state index contributed by atoms with van der Waals surface area (Å²) in [6.07, 6.45) is 3.76. The van der Waals surface area contributed by atoms with Crippen molar-refractivity contribution in [1.82, 2.24) is 19.9 Å². The van der Waals surface area contributed by atoms with E-state index >= 15 is 0 Å². The van der Waals surface area contributed by atoms with Gasteiger partial charge in [0.15, 0.2) is 5.76 Å². The largest absolute Gasteiger partial charge is 0.451 e. The monoisotopic (exact) mass is 501 g/mol. The van der Waals surface area contributed by atoms with Crippen LogP contribution in [0.15, 0.2) is 83.5 Å². The minimum Gasteiger partial charge on any atom is -0.451 e. The lowest BCUT2D eigenvalue weighted by Gasteiger charge is -2.18. The molecule has 1 unspecified atom stereocenters. The Kier molecular flexibility index (Phi) is 6.22. The predicted octanol–water partition coefficient (Wildman–Crippen LogP) is 5.50. The highest BCUT2D eigenvalue weighted by atomic mass is 35.5. The Morgan fingerprint density at radius 1 is 1.14 bits per heavy atom. The fourth-order valence-electron chi connectivity index (χ4n) is 4.06. The molecule has 10 heteroatoms. The molecule has 1 amide bonds. The molecule has 0 spiro atoms. The Balaban J connectivity index is 1.47. The van der Waals surface area contributed by atoms with Gasteiger partial charge in [-0.3, -0.25) is 19.9 Å². The maximum atomic E-state index is 13.2. The summed E-state index contributed by atoms with van der Waals surface area (Å²) in [6.45, 7) is 0. The third-order valence-electron chi connectivity index (χ3n) is 5.86. The lowest BCUT2D eigenvalue weighted by atomic mass is 10.1. The number of nitrogens with one attached hydrogen (secondary N) is 1. The average Bonchev–Trinajstić information content (AvgIpc) is 3.47. The van der Waals surface area contributed by atoms with Crippen LogP contribution in [0.2, 0.25) is 5.02 Å². The number of furan rings is 1. The Labute approximate surface area is 210 Å². The quantitative estimate of drug-likeness (QED) is 0.232. The number of carbonyl (C=O) groups excluding carboxylic acids is 1. The molecule has 2 aromatic carbocycles. The summed E-state index contributed by atoms with van der Waals surface area (Å²) in [5.74, 6) is 0.354. The van der Waals surface area contributed by atoms with Crippen LogP contribution < -0.4 is 5.32 Å². The minimum absolute atomic E-state index is 0.00792. The Bertz CT molecular complexity index is 1560. The summed E-state index contributed by atoms with van der Waals surface area (Å²) in [4.78, 5) is 32.8. The molecule has 0 aliphatic heterocycles. The van der Waals surface area contributed by atoms with Gasteiger partial charge in [0.05, 0.1) is 22.9 Å². The molecule has 5 rings (SSSR count). The van der Waals surface area contributed by atoms with Crippen molar-refractivity contribution in [2.24, 2.45) is 7.05 Å². The minimum atomic E-state index is -0.527. The molecule has 0 saturated heterocycles. The van der Waals surface area contributed by atoms with Crippen LogP contribution in [0.1, 0.15) is 28.1 Å². The van der Waals surface area contributed by atoms with Gasteiger partial charge < -0.3 is 14.3 Å². The number of nitro groups is 1. The standard InChI is InChI=1S/C26H20ClN5O4/c1-31-22(16-5-8-20(9-6-16)32(34)35)15-29-25(31)21(14-19-4-2-3-11-28-19)30-26(33)24-13-17-12-18(27)7-10-23(17)36-24/h2-13,15,21H,14H2,1H3,(H,30,33). The second kappa shape index (κ2) is 9.63. The molecule has 0 aliphatic carbocycles. The summed E-state index contributed by atoms with van der Waals surface area (Å²) in [5, 5.41) is 15.3. The van der Waals surface area contributed by atoms with E-state index in [1.54, 1.807) is 48.8 Å². The van der Waals surface area contributed by atoms with Crippen LogP contribution >= 0.6 is 11.6 Å². The Morgan fingerprint density at radius 3 is 2.67 bits per heavy atom. The summed E-state index contributed by atoms with van der Waals surface area (Å²) in [6, 6.07) is 18.1. The molecule has 0 bridgehead atoms. The molecular weight excluding hydrogens is 482 g/mol. The molecule has 0 aliphatic rings. The highest BCUT2D eigenvalue weighted by Gasteiger charge is 2.24. The smallest absolute Gasteiger partial charge is 0.287 e. The SMILES string of the molecule is Cn1c(-c2ccc([N+](=O)[O-])cc2)cnc1C(Cc1ccccn1)NC(=O)c1cc2cc(Cl)ccc2o1. The van der Waals surface area contributed by atoms with E-state index < -0.39 is 16.9 Å². The zero-order valence-electron chi connectivity index (χ0n) is 19.1. The molecule has 1 N–H and O–H groups in total. The lowest BCUT2D eigenvalue weighted by Crippen LogP contribution is -2.31. The van der Waals surface area contributed by atoms with E-state index in [-0.39, 0.29) is 11.4 Å². The summed E-state index contributed by atoms with van der Waals surface area (Å²) < 4.78 is 7.59. The molecule has 5 aromatic rings. The number of nitro benzene ring substituents is 1. The molecule has 0 radical (unpaired) electrons. The van der Waals surface area contributed by atoms with E-state index in [1.807, 2.05) is 29.8 Å². The van der Waals surface area contributed by atoms with Crippen molar-refractivity contribution in [2.45, 2.75) is 12.5 Å². The highest BCUT2D eigenvalue weighted by molar-refractivity contribution is 6.31. The maximum absolute atomic E-state index is 13.2. The fraction of sp³-hybridized carbons (Fsp3) is 0.115. The van der Waals surface area contributed by atoms with Crippen molar-refractivity contribution in [2.75, 3.05) is 0 Å². The molecule has 180 valence electrons. The number of hydrogen-bond donors (Lipinski definition) is 1. The zero-order chi connectivity index (χ0) is 25.2. The molecule has 9 nitrogen and oxygen atoms in total. The number of carbonyl (C=O) groups is 1. The second-order valence-corrected chi connectivity index (χ2v) is 8.65. The van der Waals surface area contributed by atoms with Gasteiger partial charge in [-0.1, -0.05) is 17.7 Å². The number of rotatable bonds is 7. The molecule has 3 heterocycles. The van der Waals surface area contributed by atoms with Crippen LogP contribution in [0.3, 0.4) is 0 Å². The Morgan fingerprint density at radius 2 is 1.94 bits per heavy atom. The van der Waals surface area contributed by atoms with E-state index in [0.29, 0.717) is 22.9 Å². The number of hydrogen-bond acceptors (Lipinski definition) is 6. The van der Waals surface area contributed by atoms with Crippen LogP contribution in [0.4, 0.5) is 5.69 Å². The van der Waals surface area contributed by atoms with E-state index in [4.69, 9.17) is 16.0 Å². The van der Waals surface area contributed by atoms with Gasteiger partial charge >= 0.3 is 0 Å². The van der Waals surface area contributed by atoms with Crippen LogP contribution in [0, 0.1) is 10.1 Å². The highest BCUT2D eigenvalue weighted by Crippen LogP contribution is 2.27. The molecule has 0 saturated carbocycles. The molecule has 3 aromatic heterocycles. The summed E-state index contributed by atoms with van der Waals surface area (Å²) in [7, 11) is 1.83. The zero-order valence-corrected chi connectivity index (χ0v) is 19.8. The van der Waals surface area contributed by atoms with Gasteiger partial charge in [-0.25, -0.2) is 4.98 Å². The average molecular weight is 502 g/mol. The molecular formula is C26H20ClN5O4. The lowest BCUT2D eigenvalue weighted by molar-refractivity contribution is -0.384. The number of pyridine rings is 1. The molecule has 1 atom stereocenters. The van der Waals surface area contributed by atoms with Crippen LogP contribution in [0.5, 0.6) is 0 Å². The van der Waals surface area contributed by atoms with Crippen molar-refractivity contribution in [3.05, 3.63) is 112 Å². The van der Waals surface area contributed by atoms with Gasteiger partial charge in [-0.05, 0) is 48.5 Å². The van der Waals surface area contributed by atoms with Gasteiger partial charge in [0.2, 0.25) is 0 Å². The van der Waals surface area contributed by atoms with Gasteiger partial charge in [0, 0.05) is 53.5 Å². The number of fused-ring (bicyclic) bond motifs is 1. The van der Waals surface area contributed by atoms with Crippen molar-refractivity contribution in [1.29, 1.82) is 0 Å². The first-order valence-electron chi connectivity index (χ1n) is 11.1. The summed E-state index contributed by atoms with van der Waals surface area (Å²) >= 11 is 6.06. The third kappa shape index (κ3) is 4.69. The first-order chi connectivity index (χ1) is 17.4. The van der Waals surface area contributed by atoms with Gasteiger partial charge in [0.1, 0.15) is 11.4 Å². The number of aromatic nitrogens is 3. The number of benzene rings is 2. The Hall–Kier alpha value is -4.50. The van der Waals surface area contributed by atoms with Gasteiger partial charge in [-0.15, -0.1) is 0 Å². The van der Waals surface area contributed by atoms with Crippen molar-refractivity contribution in [3.63, 3.8) is 0 Å². The number of nitrogens with zero attached hydrogens (tertiary/aromatic N) is 4. The topological polar surface area (TPSA) is 116 Å². The van der Waals surface area contributed by atoms with Crippen molar-refractivity contribution < 1.29 is 14.1 Å². The fourth-order valence-corrected chi connectivity index (χ4v) is 4.24. The second-order valence-electron chi connectivity index (χ2n) is 8.21. The van der Waals surface area contributed by atoms with E-state index in [0.717, 1.165) is 22.3 Å². The number of non-ortho nitro benzene ring substituents is 1. The van der Waals surface area contributed by atoms with Crippen molar-refractivity contribution >= 4 is 34.2 Å². The first-order valence-corrected chi connectivity index (χ1v) is 11.4. The van der Waals surface area contributed by atoms with Gasteiger partial charge in [0.25, 0.3) is 11.6 Å².